The summed E-state index contributed by atoms with van der Waals surface area (Å²) in [5.41, 5.74) is 1.20. The van der Waals surface area contributed by atoms with E-state index < -0.39 is 0 Å². The first-order valence-corrected chi connectivity index (χ1v) is 8.96. The van der Waals surface area contributed by atoms with Crippen molar-refractivity contribution in [2.45, 2.75) is 37.6 Å². The Labute approximate surface area is 150 Å². The van der Waals surface area contributed by atoms with E-state index in [2.05, 4.69) is 15.3 Å². The van der Waals surface area contributed by atoms with Crippen molar-refractivity contribution in [1.29, 1.82) is 0 Å². The summed E-state index contributed by atoms with van der Waals surface area (Å²) in [5, 5.41) is 8.05. The molecule has 2 aliphatic rings. The largest absolute Gasteiger partial charge is 0.355 e. The summed E-state index contributed by atoms with van der Waals surface area (Å²) in [6, 6.07) is 11.1. The predicted octanol–water partition coefficient (Wildman–Crippen LogP) is 3.58. The highest BCUT2D eigenvalue weighted by Gasteiger charge is 2.37. The van der Waals surface area contributed by atoms with Gasteiger partial charge in [0.25, 0.3) is 5.91 Å². The minimum absolute atomic E-state index is 0.162. The lowest BCUT2D eigenvalue weighted by molar-refractivity contribution is 0.0699. The standard InChI is InChI=1S/C19H18N4O3/c24-19(14-11-16(25-21-14)12-5-2-1-3-6-12)23-10-4-7-15(23)18-20-17(22-26-18)13-8-9-13/h1-3,5-6,11,13,15H,4,7-10H2. The van der Waals surface area contributed by atoms with Gasteiger partial charge in [-0.25, -0.2) is 0 Å². The van der Waals surface area contributed by atoms with Crippen LogP contribution < -0.4 is 0 Å². The first kappa shape index (κ1) is 15.3. The molecule has 3 aromatic rings. The van der Waals surface area contributed by atoms with Crippen LogP contribution in [-0.4, -0.2) is 32.6 Å². The van der Waals surface area contributed by atoms with E-state index in [0.717, 1.165) is 37.1 Å². The Hall–Kier alpha value is -2.96. The molecular formula is C19H18N4O3. The van der Waals surface area contributed by atoms with Crippen molar-refractivity contribution in [3.8, 4) is 11.3 Å². The van der Waals surface area contributed by atoms with Crippen LogP contribution in [0.25, 0.3) is 11.3 Å². The fraction of sp³-hybridized carbons (Fsp3) is 0.368. The van der Waals surface area contributed by atoms with E-state index in [1.54, 1.807) is 11.0 Å². The number of aromatic nitrogens is 3. The number of carbonyl (C=O) groups excluding carboxylic acids is 1. The smallest absolute Gasteiger partial charge is 0.276 e. The summed E-state index contributed by atoms with van der Waals surface area (Å²) < 4.78 is 10.8. The van der Waals surface area contributed by atoms with Crippen molar-refractivity contribution >= 4 is 5.91 Å². The fourth-order valence-corrected chi connectivity index (χ4v) is 3.42. The first-order valence-electron chi connectivity index (χ1n) is 8.96. The summed E-state index contributed by atoms with van der Waals surface area (Å²) in [6.45, 7) is 0.651. The van der Waals surface area contributed by atoms with Crippen LogP contribution in [0.1, 0.15) is 59.8 Å². The third kappa shape index (κ3) is 2.69. The second-order valence-corrected chi connectivity index (χ2v) is 6.86. The van der Waals surface area contributed by atoms with E-state index in [1.165, 1.54) is 0 Å². The van der Waals surface area contributed by atoms with E-state index in [9.17, 15) is 4.79 Å². The number of amides is 1. The maximum atomic E-state index is 12.9. The van der Waals surface area contributed by atoms with E-state index in [4.69, 9.17) is 9.05 Å². The maximum Gasteiger partial charge on any atom is 0.276 e. The molecule has 0 bridgehead atoms. The predicted molar refractivity (Wildman–Crippen MR) is 91.2 cm³/mol. The Kier molecular flexibility index (Phi) is 3.58. The quantitative estimate of drug-likeness (QED) is 0.715. The van der Waals surface area contributed by atoms with Crippen LogP contribution in [0.5, 0.6) is 0 Å². The number of carbonyl (C=O) groups is 1. The molecule has 1 aliphatic heterocycles. The van der Waals surface area contributed by atoms with Crippen LogP contribution in [-0.2, 0) is 0 Å². The Morgan fingerprint density at radius 1 is 1.08 bits per heavy atom. The topological polar surface area (TPSA) is 85.3 Å². The normalized spacial score (nSPS) is 19.8. The summed E-state index contributed by atoms with van der Waals surface area (Å²) in [7, 11) is 0. The third-order valence-corrected chi connectivity index (χ3v) is 4.99. The molecule has 3 heterocycles. The van der Waals surface area contributed by atoms with Gasteiger partial charge >= 0.3 is 0 Å². The molecule has 2 aromatic heterocycles. The van der Waals surface area contributed by atoms with Gasteiger partial charge in [0, 0.05) is 24.1 Å². The van der Waals surface area contributed by atoms with Gasteiger partial charge < -0.3 is 13.9 Å². The average molecular weight is 350 g/mol. The van der Waals surface area contributed by atoms with Crippen LogP contribution in [0.15, 0.2) is 45.4 Å². The summed E-state index contributed by atoms with van der Waals surface area (Å²) in [6.07, 6.45) is 3.96. The Bertz CT molecular complexity index is 929. The number of nitrogens with zero attached hydrogens (tertiary/aromatic N) is 4. The highest BCUT2D eigenvalue weighted by atomic mass is 16.5. The molecule has 1 saturated heterocycles. The van der Waals surface area contributed by atoms with Crippen molar-refractivity contribution in [3.05, 3.63) is 53.8 Å². The van der Waals surface area contributed by atoms with Gasteiger partial charge in [0.05, 0.1) is 0 Å². The van der Waals surface area contributed by atoms with Gasteiger partial charge in [-0.1, -0.05) is 40.6 Å². The van der Waals surface area contributed by atoms with Crippen LogP contribution in [0.2, 0.25) is 0 Å². The van der Waals surface area contributed by atoms with Gasteiger partial charge in [0.1, 0.15) is 6.04 Å². The molecule has 5 rings (SSSR count). The van der Waals surface area contributed by atoms with Crippen molar-refractivity contribution in [1.82, 2.24) is 20.2 Å². The van der Waals surface area contributed by atoms with Crippen LogP contribution in [0.3, 0.4) is 0 Å². The number of hydrogen-bond acceptors (Lipinski definition) is 6. The molecule has 1 unspecified atom stereocenters. The van der Waals surface area contributed by atoms with Gasteiger partial charge in [-0.2, -0.15) is 4.98 Å². The van der Waals surface area contributed by atoms with Crippen LogP contribution in [0.4, 0.5) is 0 Å². The monoisotopic (exact) mass is 350 g/mol. The minimum Gasteiger partial charge on any atom is -0.355 e. The zero-order valence-corrected chi connectivity index (χ0v) is 14.2. The lowest BCUT2D eigenvalue weighted by Gasteiger charge is -2.20. The second kappa shape index (κ2) is 6.09. The van der Waals surface area contributed by atoms with E-state index in [-0.39, 0.29) is 11.9 Å². The summed E-state index contributed by atoms with van der Waals surface area (Å²) in [5.74, 6) is 2.15. The Morgan fingerprint density at radius 2 is 1.92 bits per heavy atom. The highest BCUT2D eigenvalue weighted by Crippen LogP contribution is 2.40. The molecule has 7 heteroatoms. The van der Waals surface area contributed by atoms with Crippen molar-refractivity contribution in [2.24, 2.45) is 0 Å². The number of likely N-dealkylation sites (tertiary alicyclic amines) is 1. The van der Waals surface area contributed by atoms with Gasteiger partial charge in [0.15, 0.2) is 17.3 Å². The Balaban J connectivity index is 1.38. The fourth-order valence-electron chi connectivity index (χ4n) is 3.42. The molecule has 1 aromatic carbocycles. The van der Waals surface area contributed by atoms with Crippen LogP contribution in [0, 0.1) is 0 Å². The summed E-state index contributed by atoms with van der Waals surface area (Å²) in [4.78, 5) is 19.2. The van der Waals surface area contributed by atoms with E-state index >= 15 is 0 Å². The molecule has 1 aliphatic carbocycles. The first-order chi connectivity index (χ1) is 12.8. The highest BCUT2D eigenvalue weighted by molar-refractivity contribution is 5.93. The van der Waals surface area contributed by atoms with Gasteiger partial charge in [-0.15, -0.1) is 0 Å². The molecule has 7 nitrogen and oxygen atoms in total. The van der Waals surface area contributed by atoms with Gasteiger partial charge in [-0.3, -0.25) is 4.79 Å². The summed E-state index contributed by atoms with van der Waals surface area (Å²) >= 11 is 0. The maximum absolute atomic E-state index is 12.9. The van der Waals surface area contributed by atoms with Crippen molar-refractivity contribution in [2.75, 3.05) is 6.54 Å². The molecule has 0 spiro atoms. The van der Waals surface area contributed by atoms with Gasteiger partial charge in [-0.05, 0) is 25.7 Å². The minimum atomic E-state index is -0.181. The molecule has 1 amide bonds. The molecule has 1 atom stereocenters. The van der Waals surface area contributed by atoms with E-state index in [0.29, 0.717) is 29.8 Å². The van der Waals surface area contributed by atoms with Gasteiger partial charge in [0.2, 0.25) is 5.89 Å². The molecular weight excluding hydrogens is 332 g/mol. The number of benzene rings is 1. The SMILES string of the molecule is O=C(c1cc(-c2ccccc2)on1)N1CCCC1c1nc(C2CC2)no1. The van der Waals surface area contributed by atoms with Crippen molar-refractivity contribution < 1.29 is 13.8 Å². The van der Waals surface area contributed by atoms with E-state index in [1.807, 2.05) is 30.3 Å². The zero-order chi connectivity index (χ0) is 17.5. The van der Waals surface area contributed by atoms with Crippen LogP contribution >= 0.6 is 0 Å². The Morgan fingerprint density at radius 3 is 2.73 bits per heavy atom. The molecule has 1 saturated carbocycles. The average Bonchev–Trinajstić information content (AvgIpc) is 3.12. The molecule has 2 fully saturated rings. The second-order valence-electron chi connectivity index (χ2n) is 6.86. The number of rotatable bonds is 4. The number of hydrogen-bond donors (Lipinski definition) is 0. The third-order valence-electron chi connectivity index (χ3n) is 4.99. The molecule has 0 radical (unpaired) electrons. The molecule has 26 heavy (non-hydrogen) atoms. The lowest BCUT2D eigenvalue weighted by Crippen LogP contribution is -2.31. The molecule has 0 N–H and O–H groups in total. The lowest BCUT2D eigenvalue weighted by atomic mass is 10.1. The zero-order valence-electron chi connectivity index (χ0n) is 14.2. The molecule has 132 valence electrons. The van der Waals surface area contributed by atoms with Crippen molar-refractivity contribution in [3.63, 3.8) is 0 Å².